The Hall–Kier alpha value is -2.71. The Morgan fingerprint density at radius 2 is 2.11 bits per heavy atom. The smallest absolute Gasteiger partial charge is 0.410 e. The lowest BCUT2D eigenvalue weighted by molar-refractivity contribution is 0.103. The Morgan fingerprint density at radius 3 is 2.89 bits per heavy atom. The van der Waals surface area contributed by atoms with E-state index < -0.39 is 0 Å². The van der Waals surface area contributed by atoms with Crippen molar-refractivity contribution in [3.63, 3.8) is 0 Å². The molecule has 1 aromatic carbocycles. The summed E-state index contributed by atoms with van der Waals surface area (Å²) in [5.41, 5.74) is 2.92. The number of carbonyl (C=O) groups is 1. The van der Waals surface area contributed by atoms with E-state index >= 15 is 0 Å². The first-order valence-corrected chi connectivity index (χ1v) is 10.2. The number of nitrogens with zero attached hydrogens (tertiary/aromatic N) is 5. The highest BCUT2D eigenvalue weighted by molar-refractivity contribution is 7.19. The molecule has 0 spiro atoms. The lowest BCUT2D eigenvalue weighted by Crippen LogP contribution is -2.35. The normalized spacial score (nSPS) is 13.9. The number of amides is 1. The molecule has 0 atom stereocenters. The molecule has 9 heteroatoms. The Labute approximate surface area is 169 Å². The molecule has 4 heterocycles. The average molecular weight is 414 g/mol. The molecule has 1 aliphatic heterocycles. The molecule has 0 N–H and O–H groups in total. The average Bonchev–Trinajstić information content (AvgIpc) is 3.29. The fourth-order valence-corrected chi connectivity index (χ4v) is 4.88. The van der Waals surface area contributed by atoms with Gasteiger partial charge in [-0.15, -0.1) is 21.5 Å². The summed E-state index contributed by atoms with van der Waals surface area (Å²) in [7, 11) is 0. The maximum absolute atomic E-state index is 12.1. The molecule has 1 amide bonds. The number of hydrogen-bond acceptors (Lipinski definition) is 6. The third-order valence-electron chi connectivity index (χ3n) is 4.88. The molecule has 0 radical (unpaired) electrons. The zero-order valence-electron chi connectivity index (χ0n) is 15.1. The second-order valence-electron chi connectivity index (χ2n) is 6.52. The number of halogens is 1. The number of hydrogen-bond donors (Lipinski definition) is 0. The molecule has 0 bridgehead atoms. The zero-order valence-corrected chi connectivity index (χ0v) is 16.6. The van der Waals surface area contributed by atoms with E-state index in [9.17, 15) is 4.79 Å². The van der Waals surface area contributed by atoms with Crippen molar-refractivity contribution in [3.8, 4) is 11.4 Å². The number of fused-ring (bicyclic) bond motifs is 5. The topological polar surface area (TPSA) is 72.6 Å². The molecule has 5 rings (SSSR count). The molecule has 0 unspecified atom stereocenters. The highest BCUT2D eigenvalue weighted by Crippen LogP contribution is 2.36. The Bertz CT molecular complexity index is 1200. The summed E-state index contributed by atoms with van der Waals surface area (Å²) in [6.45, 7) is 3.36. The van der Waals surface area contributed by atoms with Crippen molar-refractivity contribution in [1.29, 1.82) is 0 Å². The van der Waals surface area contributed by atoms with Crippen molar-refractivity contribution >= 4 is 44.9 Å². The highest BCUT2D eigenvalue weighted by Gasteiger charge is 2.27. The molecular weight excluding hydrogens is 398 g/mol. The van der Waals surface area contributed by atoms with Crippen LogP contribution >= 0.6 is 22.9 Å². The summed E-state index contributed by atoms with van der Waals surface area (Å²) >= 11 is 7.60. The second kappa shape index (κ2) is 6.72. The quantitative estimate of drug-likeness (QED) is 0.493. The van der Waals surface area contributed by atoms with Gasteiger partial charge in [0.15, 0.2) is 11.5 Å². The van der Waals surface area contributed by atoms with Gasteiger partial charge < -0.3 is 9.64 Å². The van der Waals surface area contributed by atoms with Crippen LogP contribution in [0.25, 0.3) is 27.3 Å². The fraction of sp³-hybridized carbons (Fsp3) is 0.263. The molecule has 0 fully saturated rings. The van der Waals surface area contributed by atoms with Crippen LogP contribution in [-0.2, 0) is 17.7 Å². The first-order valence-electron chi connectivity index (χ1n) is 8.97. The van der Waals surface area contributed by atoms with Gasteiger partial charge in [0.2, 0.25) is 0 Å². The third-order valence-corrected chi connectivity index (χ3v) is 6.25. The molecule has 4 aromatic rings. The summed E-state index contributed by atoms with van der Waals surface area (Å²) in [4.78, 5) is 20.5. The molecular formula is C19H16ClN5O2S. The molecule has 142 valence electrons. The SMILES string of the molecule is CCOC(=O)N1CCc2c(sc3ncn4c(-c5ccc(Cl)cc5)nnc4c23)C1. The van der Waals surface area contributed by atoms with Crippen LogP contribution in [-0.4, -0.2) is 43.7 Å². The second-order valence-corrected chi connectivity index (χ2v) is 8.04. The van der Waals surface area contributed by atoms with Gasteiger partial charge in [-0.3, -0.25) is 4.40 Å². The van der Waals surface area contributed by atoms with E-state index in [0.29, 0.717) is 24.7 Å². The van der Waals surface area contributed by atoms with Crippen molar-refractivity contribution in [1.82, 2.24) is 24.5 Å². The maximum atomic E-state index is 12.1. The van der Waals surface area contributed by atoms with Crippen LogP contribution < -0.4 is 0 Å². The van der Waals surface area contributed by atoms with Crippen LogP contribution in [0.2, 0.25) is 5.02 Å². The van der Waals surface area contributed by atoms with Crippen molar-refractivity contribution in [2.24, 2.45) is 0 Å². The molecule has 0 saturated heterocycles. The van der Waals surface area contributed by atoms with E-state index in [-0.39, 0.29) is 6.09 Å². The van der Waals surface area contributed by atoms with Crippen LogP contribution in [0.4, 0.5) is 4.79 Å². The maximum Gasteiger partial charge on any atom is 0.410 e. The predicted octanol–water partition coefficient (Wildman–Crippen LogP) is 4.17. The first-order chi connectivity index (χ1) is 13.7. The Kier molecular flexibility index (Phi) is 4.17. The molecule has 1 aliphatic rings. The van der Waals surface area contributed by atoms with Gasteiger partial charge in [-0.25, -0.2) is 9.78 Å². The third kappa shape index (κ3) is 2.71. The van der Waals surface area contributed by atoms with Crippen LogP contribution in [0.1, 0.15) is 17.4 Å². The van der Waals surface area contributed by atoms with Gasteiger partial charge in [-0.2, -0.15) is 0 Å². The lowest BCUT2D eigenvalue weighted by atomic mass is 10.1. The predicted molar refractivity (Wildman–Crippen MR) is 108 cm³/mol. The van der Waals surface area contributed by atoms with Gasteiger partial charge >= 0.3 is 6.09 Å². The lowest BCUT2D eigenvalue weighted by Gasteiger charge is -2.25. The highest BCUT2D eigenvalue weighted by atomic mass is 35.5. The van der Waals surface area contributed by atoms with Gasteiger partial charge in [0.25, 0.3) is 0 Å². The first kappa shape index (κ1) is 17.4. The van der Waals surface area contributed by atoms with Crippen molar-refractivity contribution < 1.29 is 9.53 Å². The van der Waals surface area contributed by atoms with Crippen LogP contribution in [0.5, 0.6) is 0 Å². The van der Waals surface area contributed by atoms with E-state index in [2.05, 4.69) is 15.2 Å². The van der Waals surface area contributed by atoms with E-state index in [1.165, 1.54) is 5.56 Å². The number of rotatable bonds is 2. The Balaban J connectivity index is 1.60. The molecule has 0 aliphatic carbocycles. The van der Waals surface area contributed by atoms with Gasteiger partial charge in [0.05, 0.1) is 18.5 Å². The van der Waals surface area contributed by atoms with Gasteiger partial charge in [-0.1, -0.05) is 11.6 Å². The van der Waals surface area contributed by atoms with E-state index in [0.717, 1.165) is 38.5 Å². The molecule has 0 saturated carbocycles. The minimum atomic E-state index is -0.267. The van der Waals surface area contributed by atoms with Crippen LogP contribution in [0.15, 0.2) is 30.6 Å². The van der Waals surface area contributed by atoms with Gasteiger partial charge in [0, 0.05) is 22.0 Å². The largest absolute Gasteiger partial charge is 0.450 e. The van der Waals surface area contributed by atoms with Crippen molar-refractivity contribution in [3.05, 3.63) is 46.1 Å². The van der Waals surface area contributed by atoms with E-state index in [4.69, 9.17) is 16.3 Å². The molecule has 7 nitrogen and oxygen atoms in total. The number of ether oxygens (including phenoxy) is 1. The summed E-state index contributed by atoms with van der Waals surface area (Å²) in [5, 5.41) is 10.5. The number of aromatic nitrogens is 4. The summed E-state index contributed by atoms with van der Waals surface area (Å²) in [5.74, 6) is 0.727. The van der Waals surface area contributed by atoms with E-state index in [1.807, 2.05) is 35.6 Å². The van der Waals surface area contributed by atoms with Crippen molar-refractivity contribution in [2.75, 3.05) is 13.2 Å². The standard InChI is InChI=1S/C19H16ClN5O2S/c1-2-27-19(26)24-8-7-13-14(9-24)28-18-15(13)17-23-22-16(25(17)10-21-18)11-3-5-12(20)6-4-11/h3-6,10H,2,7-9H2,1H3. The number of thiophene rings is 1. The number of carbonyl (C=O) groups excluding carboxylic acids is 1. The summed E-state index contributed by atoms with van der Waals surface area (Å²) in [6.07, 6.45) is 2.24. The summed E-state index contributed by atoms with van der Waals surface area (Å²) < 4.78 is 7.05. The molecule has 28 heavy (non-hydrogen) atoms. The minimum absolute atomic E-state index is 0.267. The van der Waals surface area contributed by atoms with Crippen LogP contribution in [0.3, 0.4) is 0 Å². The zero-order chi connectivity index (χ0) is 19.3. The Morgan fingerprint density at radius 1 is 1.29 bits per heavy atom. The number of benzene rings is 1. The minimum Gasteiger partial charge on any atom is -0.450 e. The molecule has 3 aromatic heterocycles. The summed E-state index contributed by atoms with van der Waals surface area (Å²) in [6, 6.07) is 7.51. The van der Waals surface area contributed by atoms with Crippen molar-refractivity contribution in [2.45, 2.75) is 19.9 Å². The van der Waals surface area contributed by atoms with Gasteiger partial charge in [-0.05, 0) is 43.2 Å². The monoisotopic (exact) mass is 413 g/mol. The van der Waals surface area contributed by atoms with E-state index in [1.54, 1.807) is 22.6 Å². The van der Waals surface area contributed by atoms with Gasteiger partial charge in [0.1, 0.15) is 11.2 Å². The van der Waals surface area contributed by atoms with Crippen LogP contribution in [0, 0.1) is 0 Å². The fourth-order valence-electron chi connectivity index (χ4n) is 3.56.